The summed E-state index contributed by atoms with van der Waals surface area (Å²) in [6, 6.07) is 18.0. The van der Waals surface area contributed by atoms with Crippen LogP contribution in [0.4, 0.5) is 0 Å². The maximum Gasteiger partial charge on any atom is 0.337 e. The van der Waals surface area contributed by atoms with Gasteiger partial charge >= 0.3 is 5.97 Å². The number of aromatic carboxylic acids is 1. The van der Waals surface area contributed by atoms with Crippen molar-refractivity contribution in [2.45, 2.75) is 63.3 Å². The molecule has 1 aliphatic heterocycles. The van der Waals surface area contributed by atoms with E-state index in [4.69, 9.17) is 0 Å². The molecule has 6 rings (SSSR count). The molecule has 1 amide bonds. The summed E-state index contributed by atoms with van der Waals surface area (Å²) in [6.45, 7) is 3.00. The summed E-state index contributed by atoms with van der Waals surface area (Å²) in [5, 5.41) is 18.3. The van der Waals surface area contributed by atoms with Crippen LogP contribution in [-0.2, 0) is 7.05 Å². The number of amides is 1. The van der Waals surface area contributed by atoms with Crippen LogP contribution in [0, 0.1) is 0 Å². The smallest absolute Gasteiger partial charge is 0.337 e. The quantitative estimate of drug-likeness (QED) is 0.296. The fourth-order valence-electron chi connectivity index (χ4n) is 6.32. The van der Waals surface area contributed by atoms with Crippen molar-refractivity contribution < 1.29 is 14.7 Å². The van der Waals surface area contributed by atoms with Crippen LogP contribution in [-0.4, -0.2) is 54.0 Å². The van der Waals surface area contributed by atoms with E-state index in [9.17, 15) is 14.7 Å². The van der Waals surface area contributed by atoms with Gasteiger partial charge in [0.05, 0.1) is 11.3 Å². The third-order valence-corrected chi connectivity index (χ3v) is 8.38. The molecule has 1 aliphatic carbocycles. The lowest BCUT2D eigenvalue weighted by atomic mass is 9.96. The Bertz CT molecular complexity index is 1550. The van der Waals surface area contributed by atoms with Crippen LogP contribution in [0.15, 0.2) is 67.0 Å². The Hall–Kier alpha value is -4.20. The van der Waals surface area contributed by atoms with Crippen LogP contribution in [0.5, 0.6) is 0 Å². The second-order valence-corrected chi connectivity index (χ2v) is 11.1. The normalized spacial score (nSPS) is 20.4. The van der Waals surface area contributed by atoms with Crippen LogP contribution < -0.4 is 0 Å². The van der Waals surface area contributed by atoms with Crippen molar-refractivity contribution in [2.75, 3.05) is 6.54 Å². The topological polar surface area (TPSA) is 93.2 Å². The Morgan fingerprint density at radius 2 is 1.82 bits per heavy atom. The number of likely N-dealkylation sites (tertiary alicyclic amines) is 1. The third kappa shape index (κ3) is 4.94. The highest BCUT2D eigenvalue weighted by atomic mass is 16.4. The van der Waals surface area contributed by atoms with E-state index in [0.717, 1.165) is 66.9 Å². The fourth-order valence-corrected chi connectivity index (χ4v) is 6.32. The summed E-state index contributed by atoms with van der Waals surface area (Å²) in [6.07, 6.45) is 10.0. The molecule has 3 heterocycles. The molecule has 2 aromatic carbocycles. The van der Waals surface area contributed by atoms with E-state index in [1.165, 1.54) is 6.42 Å². The highest BCUT2D eigenvalue weighted by Gasteiger charge is 2.45. The standard InChI is InChI=1S/C32H35N5O3/c1-3-8-24-12-4-5-15-37(24)31(38)23-11-6-9-21(17-23)22-10-7-13-25(18-22)36-16-14-26(32(39)40)30(36)28-19-27(28)29-20-35(2)34-33-29/h6-7,9-11,13-14,16-18,20,24,27-28H,3-5,8,12,15,19H2,1-2H3,(H,39,40). The number of carbonyl (C=O) groups is 2. The van der Waals surface area contributed by atoms with Gasteiger partial charge in [-0.15, -0.1) is 5.10 Å². The number of aryl methyl sites for hydroxylation is 1. The molecular formula is C32H35N5O3. The zero-order valence-electron chi connectivity index (χ0n) is 23.0. The van der Waals surface area contributed by atoms with E-state index in [1.54, 1.807) is 10.7 Å². The molecule has 3 unspecified atom stereocenters. The van der Waals surface area contributed by atoms with E-state index >= 15 is 0 Å². The second-order valence-electron chi connectivity index (χ2n) is 11.1. The van der Waals surface area contributed by atoms with Crippen LogP contribution in [0.2, 0.25) is 0 Å². The Kier molecular flexibility index (Phi) is 7.00. The van der Waals surface area contributed by atoms with Gasteiger partial charge < -0.3 is 14.6 Å². The molecule has 0 bridgehead atoms. The monoisotopic (exact) mass is 537 g/mol. The van der Waals surface area contributed by atoms with Crippen molar-refractivity contribution in [3.63, 3.8) is 0 Å². The average molecular weight is 538 g/mol. The average Bonchev–Trinajstić information content (AvgIpc) is 3.41. The zero-order valence-corrected chi connectivity index (χ0v) is 23.0. The number of carbonyl (C=O) groups excluding carboxylic acids is 1. The van der Waals surface area contributed by atoms with Crippen molar-refractivity contribution in [3.05, 3.63) is 89.5 Å². The van der Waals surface area contributed by atoms with E-state index in [1.807, 2.05) is 66.5 Å². The van der Waals surface area contributed by atoms with Crippen molar-refractivity contribution in [2.24, 2.45) is 7.05 Å². The Balaban J connectivity index is 1.31. The first-order valence-corrected chi connectivity index (χ1v) is 14.3. The van der Waals surface area contributed by atoms with Crippen LogP contribution in [0.3, 0.4) is 0 Å². The number of piperidine rings is 1. The number of aromatic nitrogens is 4. The van der Waals surface area contributed by atoms with Crippen molar-refractivity contribution in [3.8, 4) is 16.8 Å². The minimum atomic E-state index is -0.931. The lowest BCUT2D eigenvalue weighted by molar-refractivity contribution is 0.0600. The minimum Gasteiger partial charge on any atom is -0.478 e. The molecule has 0 radical (unpaired) electrons. The first-order valence-electron chi connectivity index (χ1n) is 14.3. The molecule has 1 saturated carbocycles. The summed E-state index contributed by atoms with van der Waals surface area (Å²) >= 11 is 0. The molecule has 206 valence electrons. The van der Waals surface area contributed by atoms with E-state index in [2.05, 4.69) is 28.2 Å². The summed E-state index contributed by atoms with van der Waals surface area (Å²) in [7, 11) is 1.84. The van der Waals surface area contributed by atoms with Gasteiger partial charge in [0.15, 0.2) is 0 Å². The molecule has 8 heteroatoms. The molecule has 1 N–H and O–H groups in total. The minimum absolute atomic E-state index is 0.0583. The van der Waals surface area contributed by atoms with Gasteiger partial charge in [-0.05, 0) is 73.6 Å². The lowest BCUT2D eigenvalue weighted by Gasteiger charge is -2.36. The van der Waals surface area contributed by atoms with Gasteiger partial charge in [0.2, 0.25) is 0 Å². The van der Waals surface area contributed by atoms with Gasteiger partial charge in [-0.1, -0.05) is 42.8 Å². The highest BCUT2D eigenvalue weighted by Crippen LogP contribution is 2.55. The summed E-state index contributed by atoms with van der Waals surface area (Å²) in [4.78, 5) is 27.8. The largest absolute Gasteiger partial charge is 0.478 e. The fraction of sp³-hybridized carbons (Fsp3) is 0.375. The van der Waals surface area contributed by atoms with Crippen LogP contribution in [0.1, 0.15) is 89.4 Å². The molecule has 40 heavy (non-hydrogen) atoms. The van der Waals surface area contributed by atoms with Gasteiger partial charge in [-0.2, -0.15) is 0 Å². The third-order valence-electron chi connectivity index (χ3n) is 8.38. The summed E-state index contributed by atoms with van der Waals surface area (Å²) < 4.78 is 3.67. The number of carboxylic acid groups (broad SMARTS) is 1. The molecule has 2 aromatic heterocycles. The predicted octanol–water partition coefficient (Wildman–Crippen LogP) is 6.04. The van der Waals surface area contributed by atoms with E-state index in [-0.39, 0.29) is 17.7 Å². The van der Waals surface area contributed by atoms with E-state index < -0.39 is 5.97 Å². The lowest BCUT2D eigenvalue weighted by Crippen LogP contribution is -2.43. The van der Waals surface area contributed by atoms with Gasteiger partial charge in [-0.3, -0.25) is 9.48 Å². The Morgan fingerprint density at radius 1 is 1.02 bits per heavy atom. The number of nitrogens with zero attached hydrogens (tertiary/aromatic N) is 5. The SMILES string of the molecule is CCCC1CCCCN1C(=O)c1cccc(-c2cccc(-n3ccc(C(=O)O)c3C3CC3c3cn(C)nn3)c2)c1. The molecule has 0 spiro atoms. The summed E-state index contributed by atoms with van der Waals surface area (Å²) in [5.74, 6) is -0.612. The van der Waals surface area contributed by atoms with E-state index in [0.29, 0.717) is 17.2 Å². The molecule has 8 nitrogen and oxygen atoms in total. The van der Waals surface area contributed by atoms with Crippen molar-refractivity contribution >= 4 is 11.9 Å². The second kappa shape index (κ2) is 10.8. The van der Waals surface area contributed by atoms with Gasteiger partial charge in [0, 0.05) is 60.8 Å². The van der Waals surface area contributed by atoms with Crippen LogP contribution >= 0.6 is 0 Å². The van der Waals surface area contributed by atoms with Crippen molar-refractivity contribution in [1.82, 2.24) is 24.5 Å². The predicted molar refractivity (Wildman–Crippen MR) is 153 cm³/mol. The number of hydrogen-bond acceptors (Lipinski definition) is 4. The number of rotatable bonds is 8. The van der Waals surface area contributed by atoms with Gasteiger partial charge in [0.25, 0.3) is 5.91 Å². The zero-order chi connectivity index (χ0) is 27.8. The molecule has 4 aromatic rings. The number of hydrogen-bond donors (Lipinski definition) is 1. The first-order chi connectivity index (χ1) is 19.4. The molecule has 2 aliphatic rings. The molecule has 3 atom stereocenters. The molecular weight excluding hydrogens is 502 g/mol. The molecule has 2 fully saturated rings. The van der Waals surface area contributed by atoms with Crippen LogP contribution in [0.25, 0.3) is 16.8 Å². The maximum absolute atomic E-state index is 13.6. The molecule has 1 saturated heterocycles. The Morgan fingerprint density at radius 3 is 2.58 bits per heavy atom. The first kappa shape index (κ1) is 26.0. The van der Waals surface area contributed by atoms with Gasteiger partial charge in [-0.25, -0.2) is 4.79 Å². The Labute approximate surface area is 234 Å². The van der Waals surface area contributed by atoms with Crippen molar-refractivity contribution in [1.29, 1.82) is 0 Å². The number of carboxylic acids is 1. The summed E-state index contributed by atoms with van der Waals surface area (Å²) in [5.41, 5.74) is 5.54. The highest BCUT2D eigenvalue weighted by molar-refractivity contribution is 5.96. The number of benzene rings is 2. The van der Waals surface area contributed by atoms with Gasteiger partial charge in [0.1, 0.15) is 0 Å². The maximum atomic E-state index is 13.6.